The average molecular weight is 441 g/mol. The van der Waals surface area contributed by atoms with Gasteiger partial charge in [0.05, 0.1) is 12.7 Å². The van der Waals surface area contributed by atoms with E-state index in [0.717, 1.165) is 24.0 Å². The van der Waals surface area contributed by atoms with E-state index in [0.29, 0.717) is 35.4 Å². The van der Waals surface area contributed by atoms with Crippen LogP contribution in [0.15, 0.2) is 59.7 Å². The van der Waals surface area contributed by atoms with Crippen LogP contribution in [0.4, 0.5) is 0 Å². The number of aromatic nitrogens is 2. The van der Waals surface area contributed by atoms with Crippen LogP contribution >= 0.6 is 11.6 Å². The Hall–Kier alpha value is -2.83. The lowest BCUT2D eigenvalue weighted by atomic mass is 10.2. The predicted molar refractivity (Wildman–Crippen MR) is 119 cm³/mol. The summed E-state index contributed by atoms with van der Waals surface area (Å²) in [6, 6.07) is 13.0. The minimum atomic E-state index is -0.422. The number of halogens is 1. The van der Waals surface area contributed by atoms with E-state index in [1.54, 1.807) is 12.4 Å². The third-order valence-corrected chi connectivity index (χ3v) is 5.62. The SMILES string of the molecule is Cc1cc(-n2ccnc(OCCc3ccc(Cl)cc3)c2=O)ccc1OCC(O)C1CC1. The lowest BCUT2D eigenvalue weighted by Crippen LogP contribution is -2.22. The Labute approximate surface area is 186 Å². The Morgan fingerprint density at radius 3 is 2.68 bits per heavy atom. The summed E-state index contributed by atoms with van der Waals surface area (Å²) in [5.74, 6) is 1.13. The topological polar surface area (TPSA) is 73.6 Å². The van der Waals surface area contributed by atoms with Gasteiger partial charge in [0.1, 0.15) is 12.4 Å². The maximum Gasteiger partial charge on any atom is 0.317 e. The predicted octanol–water partition coefficient (Wildman–Crippen LogP) is 3.97. The highest BCUT2D eigenvalue weighted by Gasteiger charge is 2.30. The summed E-state index contributed by atoms with van der Waals surface area (Å²) in [6.07, 6.45) is 5.51. The summed E-state index contributed by atoms with van der Waals surface area (Å²) in [7, 11) is 0. The molecule has 0 amide bonds. The van der Waals surface area contributed by atoms with Gasteiger partial charge in [0, 0.05) is 29.5 Å². The molecule has 2 aromatic carbocycles. The van der Waals surface area contributed by atoms with Crippen LogP contribution in [0.3, 0.4) is 0 Å². The molecule has 1 fully saturated rings. The number of aryl methyl sites for hydroxylation is 1. The lowest BCUT2D eigenvalue weighted by Gasteiger charge is -2.15. The second-order valence-electron chi connectivity index (χ2n) is 7.80. The molecule has 6 nitrogen and oxygen atoms in total. The fourth-order valence-electron chi connectivity index (χ4n) is 3.35. The van der Waals surface area contributed by atoms with E-state index in [-0.39, 0.29) is 18.0 Å². The van der Waals surface area contributed by atoms with E-state index < -0.39 is 6.10 Å². The first-order valence-electron chi connectivity index (χ1n) is 10.4. The molecule has 1 N–H and O–H groups in total. The fourth-order valence-corrected chi connectivity index (χ4v) is 3.48. The minimum Gasteiger partial charge on any atom is -0.491 e. The Kier molecular flexibility index (Phi) is 6.59. The van der Waals surface area contributed by atoms with Crippen LogP contribution in [0.2, 0.25) is 5.02 Å². The summed E-state index contributed by atoms with van der Waals surface area (Å²) in [5, 5.41) is 10.7. The lowest BCUT2D eigenvalue weighted by molar-refractivity contribution is 0.0891. The normalized spacial score (nSPS) is 14.3. The minimum absolute atomic E-state index is 0.0574. The highest BCUT2D eigenvalue weighted by Crippen LogP contribution is 2.33. The van der Waals surface area contributed by atoms with Crippen molar-refractivity contribution in [2.45, 2.75) is 32.3 Å². The van der Waals surface area contributed by atoms with Crippen molar-refractivity contribution in [3.05, 3.63) is 81.4 Å². The molecule has 0 spiro atoms. The van der Waals surface area contributed by atoms with Gasteiger partial charge in [-0.15, -0.1) is 0 Å². The quantitative estimate of drug-likeness (QED) is 0.545. The molecule has 3 aromatic rings. The zero-order valence-electron chi connectivity index (χ0n) is 17.3. The second-order valence-corrected chi connectivity index (χ2v) is 8.23. The van der Waals surface area contributed by atoms with Gasteiger partial charge in [0.25, 0.3) is 5.88 Å². The molecular weight excluding hydrogens is 416 g/mol. The largest absolute Gasteiger partial charge is 0.491 e. The maximum absolute atomic E-state index is 12.8. The van der Waals surface area contributed by atoms with Gasteiger partial charge in [0.2, 0.25) is 0 Å². The highest BCUT2D eigenvalue weighted by atomic mass is 35.5. The molecule has 31 heavy (non-hydrogen) atoms. The molecule has 0 bridgehead atoms. The Morgan fingerprint density at radius 2 is 1.97 bits per heavy atom. The summed E-state index contributed by atoms with van der Waals surface area (Å²) < 4.78 is 12.9. The number of rotatable bonds is 9. The van der Waals surface area contributed by atoms with Crippen molar-refractivity contribution < 1.29 is 14.6 Å². The van der Waals surface area contributed by atoms with Crippen molar-refractivity contribution in [3.63, 3.8) is 0 Å². The van der Waals surface area contributed by atoms with E-state index in [1.165, 1.54) is 4.57 Å². The van der Waals surface area contributed by atoms with Crippen molar-refractivity contribution in [1.29, 1.82) is 0 Å². The number of benzene rings is 2. The van der Waals surface area contributed by atoms with E-state index >= 15 is 0 Å². The molecule has 7 heteroatoms. The first-order valence-corrected chi connectivity index (χ1v) is 10.8. The van der Waals surface area contributed by atoms with E-state index in [1.807, 2.05) is 49.4 Å². The number of hydrogen-bond donors (Lipinski definition) is 1. The monoisotopic (exact) mass is 440 g/mol. The first kappa shape index (κ1) is 21.4. The van der Waals surface area contributed by atoms with Crippen LogP contribution in [-0.2, 0) is 6.42 Å². The van der Waals surface area contributed by atoms with Crippen LogP contribution in [0.25, 0.3) is 5.69 Å². The molecule has 162 valence electrons. The molecule has 1 atom stereocenters. The first-order chi connectivity index (χ1) is 15.0. The standard InChI is InChI=1S/C24H25ClN2O4/c1-16-14-20(8-9-22(16)31-15-21(28)18-4-5-18)27-12-11-26-23(24(27)29)30-13-10-17-2-6-19(25)7-3-17/h2-3,6-9,11-12,14,18,21,28H,4-5,10,13,15H2,1H3. The van der Waals surface area contributed by atoms with E-state index in [4.69, 9.17) is 21.1 Å². The Morgan fingerprint density at radius 1 is 1.19 bits per heavy atom. The summed E-state index contributed by atoms with van der Waals surface area (Å²) in [6.45, 7) is 2.53. The number of ether oxygens (including phenoxy) is 2. The third-order valence-electron chi connectivity index (χ3n) is 5.36. The zero-order chi connectivity index (χ0) is 21.8. The van der Waals surface area contributed by atoms with E-state index in [2.05, 4.69) is 4.98 Å². The van der Waals surface area contributed by atoms with Crippen LogP contribution in [0.1, 0.15) is 24.0 Å². The molecule has 1 heterocycles. The number of hydrogen-bond acceptors (Lipinski definition) is 5. The van der Waals surface area contributed by atoms with Crippen molar-refractivity contribution in [2.24, 2.45) is 5.92 Å². The summed E-state index contributed by atoms with van der Waals surface area (Å²) >= 11 is 5.90. The second kappa shape index (κ2) is 9.54. The van der Waals surface area contributed by atoms with E-state index in [9.17, 15) is 9.90 Å². The van der Waals surface area contributed by atoms with Crippen LogP contribution in [0.5, 0.6) is 11.6 Å². The van der Waals surface area contributed by atoms with Gasteiger partial charge in [-0.2, -0.15) is 0 Å². The summed E-state index contributed by atoms with van der Waals surface area (Å²) in [4.78, 5) is 16.9. The third kappa shape index (κ3) is 5.46. The molecule has 4 rings (SSSR count). The van der Waals surface area contributed by atoms with Crippen LogP contribution < -0.4 is 15.0 Å². The summed E-state index contributed by atoms with van der Waals surface area (Å²) in [5.41, 5.74) is 2.33. The molecule has 1 unspecified atom stereocenters. The molecular formula is C24H25ClN2O4. The molecule has 1 aliphatic rings. The van der Waals surface area contributed by atoms with Crippen molar-refractivity contribution in [1.82, 2.24) is 9.55 Å². The number of aliphatic hydroxyl groups is 1. The van der Waals surface area contributed by atoms with Gasteiger partial charge in [-0.1, -0.05) is 23.7 Å². The molecule has 1 aliphatic carbocycles. The molecule has 1 aromatic heterocycles. The number of aliphatic hydroxyl groups excluding tert-OH is 1. The molecule has 0 aliphatic heterocycles. The highest BCUT2D eigenvalue weighted by molar-refractivity contribution is 6.30. The molecule has 0 radical (unpaired) electrons. The van der Waals surface area contributed by atoms with Gasteiger partial charge >= 0.3 is 5.56 Å². The Balaban J connectivity index is 1.42. The maximum atomic E-state index is 12.8. The fraction of sp³-hybridized carbons (Fsp3) is 0.333. The van der Waals surface area contributed by atoms with Crippen molar-refractivity contribution in [3.8, 4) is 17.3 Å². The van der Waals surface area contributed by atoms with Gasteiger partial charge in [-0.3, -0.25) is 9.36 Å². The van der Waals surface area contributed by atoms with Gasteiger partial charge < -0.3 is 14.6 Å². The smallest absolute Gasteiger partial charge is 0.317 e. The van der Waals surface area contributed by atoms with Crippen molar-refractivity contribution >= 4 is 11.6 Å². The zero-order valence-corrected chi connectivity index (χ0v) is 18.1. The van der Waals surface area contributed by atoms with Gasteiger partial charge in [-0.05, 0) is 67.1 Å². The van der Waals surface area contributed by atoms with Gasteiger partial charge in [-0.25, -0.2) is 4.98 Å². The Bertz CT molecular complexity index is 1090. The average Bonchev–Trinajstić information content (AvgIpc) is 3.61. The van der Waals surface area contributed by atoms with Crippen LogP contribution in [0, 0.1) is 12.8 Å². The van der Waals surface area contributed by atoms with Gasteiger partial charge in [0.15, 0.2) is 0 Å². The van der Waals surface area contributed by atoms with Crippen molar-refractivity contribution in [2.75, 3.05) is 13.2 Å². The van der Waals surface area contributed by atoms with Crippen LogP contribution in [-0.4, -0.2) is 34.0 Å². The molecule has 0 saturated heterocycles. The molecule has 1 saturated carbocycles. The number of nitrogens with zero attached hydrogens (tertiary/aromatic N) is 2.